The average Bonchev–Trinajstić information content (AvgIpc) is 3.04. The molecule has 25 heavy (non-hydrogen) atoms. The van der Waals surface area contributed by atoms with Gasteiger partial charge in [0.15, 0.2) is 0 Å². The molecule has 0 aliphatic carbocycles. The van der Waals surface area contributed by atoms with Gasteiger partial charge in [0.1, 0.15) is 11.6 Å². The van der Waals surface area contributed by atoms with E-state index >= 15 is 0 Å². The first-order valence-electron chi connectivity index (χ1n) is 8.39. The molecule has 3 heterocycles. The minimum atomic E-state index is -0.224. The number of pyridine rings is 1. The van der Waals surface area contributed by atoms with Gasteiger partial charge in [-0.15, -0.1) is 11.3 Å². The fourth-order valence-corrected chi connectivity index (χ4v) is 4.21. The Bertz CT molecular complexity index is 845. The summed E-state index contributed by atoms with van der Waals surface area (Å²) in [5.74, 6) is 0.793. The number of nitrogens with zero attached hydrogens (tertiary/aromatic N) is 4. The number of rotatable bonds is 4. The Balaban J connectivity index is 1.37. The van der Waals surface area contributed by atoms with Gasteiger partial charge >= 0.3 is 0 Å². The summed E-state index contributed by atoms with van der Waals surface area (Å²) in [5.41, 5.74) is 7.24. The number of piperazine rings is 1. The molecule has 1 saturated heterocycles. The highest BCUT2D eigenvalue weighted by molar-refractivity contribution is 7.18. The Hall–Kier alpha value is -2.09. The van der Waals surface area contributed by atoms with Crippen molar-refractivity contribution in [3.8, 4) is 0 Å². The van der Waals surface area contributed by atoms with Crippen LogP contribution in [0.3, 0.4) is 0 Å². The van der Waals surface area contributed by atoms with E-state index in [4.69, 9.17) is 5.73 Å². The highest BCUT2D eigenvalue weighted by Crippen LogP contribution is 2.24. The normalized spacial score (nSPS) is 17.1. The first-order valence-corrected chi connectivity index (χ1v) is 9.21. The van der Waals surface area contributed by atoms with Gasteiger partial charge in [0.05, 0.1) is 21.4 Å². The van der Waals surface area contributed by atoms with Gasteiger partial charge in [-0.25, -0.2) is 14.4 Å². The van der Waals surface area contributed by atoms with Crippen molar-refractivity contribution in [2.45, 2.75) is 12.6 Å². The van der Waals surface area contributed by atoms with Crippen LogP contribution in [0.1, 0.15) is 5.01 Å². The molecular formula is C18H20FN5S. The van der Waals surface area contributed by atoms with Crippen molar-refractivity contribution in [1.82, 2.24) is 14.9 Å². The lowest BCUT2D eigenvalue weighted by Crippen LogP contribution is -2.54. The maximum Gasteiger partial charge on any atom is 0.128 e. The van der Waals surface area contributed by atoms with Gasteiger partial charge in [-0.1, -0.05) is 6.07 Å². The molecule has 4 rings (SSSR count). The van der Waals surface area contributed by atoms with Crippen molar-refractivity contribution in [3.63, 3.8) is 0 Å². The molecule has 0 bridgehead atoms. The predicted octanol–water partition coefficient (Wildman–Crippen LogP) is 2.48. The van der Waals surface area contributed by atoms with Crippen LogP contribution in [-0.4, -0.2) is 47.2 Å². The smallest absolute Gasteiger partial charge is 0.128 e. The maximum absolute atomic E-state index is 13.3. The van der Waals surface area contributed by atoms with Crippen LogP contribution in [0.15, 0.2) is 42.6 Å². The van der Waals surface area contributed by atoms with Crippen LogP contribution >= 0.6 is 11.3 Å². The summed E-state index contributed by atoms with van der Waals surface area (Å²) in [5, 5.41) is 0.959. The van der Waals surface area contributed by atoms with E-state index in [2.05, 4.69) is 19.8 Å². The van der Waals surface area contributed by atoms with Crippen molar-refractivity contribution in [3.05, 3.63) is 53.4 Å². The minimum absolute atomic E-state index is 0.0729. The highest BCUT2D eigenvalue weighted by atomic mass is 32.1. The molecule has 3 aromatic rings. The zero-order valence-electron chi connectivity index (χ0n) is 13.8. The number of fused-ring (bicyclic) bond motifs is 1. The molecule has 0 amide bonds. The summed E-state index contributed by atoms with van der Waals surface area (Å²) in [6.07, 6.45) is 2.44. The molecule has 0 radical (unpaired) electrons. The summed E-state index contributed by atoms with van der Waals surface area (Å²) >= 11 is 1.52. The molecule has 1 aliphatic heterocycles. The Morgan fingerprint density at radius 2 is 2.00 bits per heavy atom. The molecule has 1 unspecified atom stereocenters. The maximum atomic E-state index is 13.3. The summed E-state index contributed by atoms with van der Waals surface area (Å²) in [4.78, 5) is 13.5. The second kappa shape index (κ2) is 7.03. The molecule has 1 aliphatic rings. The number of aromatic nitrogens is 2. The molecule has 2 N–H and O–H groups in total. The third-order valence-corrected chi connectivity index (χ3v) is 5.58. The molecule has 7 heteroatoms. The molecular weight excluding hydrogens is 337 g/mol. The lowest BCUT2D eigenvalue weighted by Gasteiger charge is -2.38. The number of hydrogen-bond acceptors (Lipinski definition) is 6. The lowest BCUT2D eigenvalue weighted by molar-refractivity contribution is 0.187. The van der Waals surface area contributed by atoms with Crippen molar-refractivity contribution in [2.75, 3.05) is 31.1 Å². The topological polar surface area (TPSA) is 58.3 Å². The van der Waals surface area contributed by atoms with E-state index in [1.807, 2.05) is 24.4 Å². The standard InChI is InChI=1S/C18H20FN5S/c19-13-4-5-14-15(11-13)25-18(22-14)12-16(20)23-7-9-24(10-8-23)17-3-1-2-6-21-17/h1-6,11,16H,7-10,12,20H2. The number of benzene rings is 1. The van der Waals surface area contributed by atoms with E-state index in [-0.39, 0.29) is 12.0 Å². The Morgan fingerprint density at radius 1 is 1.16 bits per heavy atom. The van der Waals surface area contributed by atoms with Gasteiger partial charge in [-0.3, -0.25) is 4.90 Å². The fourth-order valence-electron chi connectivity index (χ4n) is 3.16. The van der Waals surface area contributed by atoms with Crippen molar-refractivity contribution >= 4 is 27.4 Å². The predicted molar refractivity (Wildman–Crippen MR) is 99.3 cm³/mol. The van der Waals surface area contributed by atoms with E-state index in [9.17, 15) is 4.39 Å². The number of hydrogen-bond donors (Lipinski definition) is 1. The van der Waals surface area contributed by atoms with E-state index in [0.29, 0.717) is 6.42 Å². The zero-order valence-corrected chi connectivity index (χ0v) is 14.6. The summed E-state index contributed by atoms with van der Waals surface area (Å²) in [6.45, 7) is 3.63. The molecule has 1 aromatic carbocycles. The monoisotopic (exact) mass is 357 g/mol. The van der Waals surface area contributed by atoms with Crippen LogP contribution in [0.25, 0.3) is 10.2 Å². The number of anilines is 1. The Kier molecular flexibility index (Phi) is 4.61. The van der Waals surface area contributed by atoms with Crippen molar-refractivity contribution < 1.29 is 4.39 Å². The SMILES string of the molecule is NC(Cc1nc2ccc(F)cc2s1)N1CCN(c2ccccn2)CC1. The second-order valence-electron chi connectivity index (χ2n) is 6.20. The zero-order chi connectivity index (χ0) is 17.2. The van der Waals surface area contributed by atoms with Crippen LogP contribution in [0, 0.1) is 5.82 Å². The molecule has 5 nitrogen and oxygen atoms in total. The molecule has 2 aromatic heterocycles. The van der Waals surface area contributed by atoms with Gasteiger partial charge < -0.3 is 10.6 Å². The van der Waals surface area contributed by atoms with E-state index in [0.717, 1.165) is 47.2 Å². The van der Waals surface area contributed by atoms with Gasteiger partial charge in [0, 0.05) is 38.8 Å². The molecule has 0 saturated carbocycles. The van der Waals surface area contributed by atoms with Crippen LogP contribution in [-0.2, 0) is 6.42 Å². The molecule has 130 valence electrons. The lowest BCUT2D eigenvalue weighted by atomic mass is 10.2. The number of nitrogens with two attached hydrogens (primary N) is 1. The second-order valence-corrected chi connectivity index (χ2v) is 7.32. The number of halogens is 1. The van der Waals surface area contributed by atoms with Crippen LogP contribution in [0.2, 0.25) is 0 Å². The van der Waals surface area contributed by atoms with Crippen LogP contribution in [0.5, 0.6) is 0 Å². The first-order chi connectivity index (χ1) is 12.2. The number of thiazole rings is 1. The van der Waals surface area contributed by atoms with Crippen molar-refractivity contribution in [2.24, 2.45) is 5.73 Å². The molecule has 1 fully saturated rings. The van der Waals surface area contributed by atoms with Crippen LogP contribution < -0.4 is 10.6 Å². The molecule has 1 atom stereocenters. The van der Waals surface area contributed by atoms with Gasteiger partial charge in [0.25, 0.3) is 0 Å². The summed E-state index contributed by atoms with van der Waals surface area (Å²) in [7, 11) is 0. The minimum Gasteiger partial charge on any atom is -0.354 e. The average molecular weight is 357 g/mol. The third kappa shape index (κ3) is 3.63. The van der Waals surface area contributed by atoms with Crippen molar-refractivity contribution in [1.29, 1.82) is 0 Å². The first kappa shape index (κ1) is 16.4. The van der Waals surface area contributed by atoms with E-state index < -0.39 is 0 Å². The Morgan fingerprint density at radius 3 is 2.76 bits per heavy atom. The highest BCUT2D eigenvalue weighted by Gasteiger charge is 2.23. The largest absolute Gasteiger partial charge is 0.354 e. The fraction of sp³-hybridized carbons (Fsp3) is 0.333. The summed E-state index contributed by atoms with van der Waals surface area (Å²) in [6, 6.07) is 10.7. The Labute approximate surface area is 149 Å². The van der Waals surface area contributed by atoms with Crippen LogP contribution in [0.4, 0.5) is 10.2 Å². The van der Waals surface area contributed by atoms with Gasteiger partial charge in [-0.05, 0) is 30.3 Å². The summed E-state index contributed by atoms with van der Waals surface area (Å²) < 4.78 is 14.2. The van der Waals surface area contributed by atoms with Gasteiger partial charge in [0.2, 0.25) is 0 Å². The quantitative estimate of drug-likeness (QED) is 0.777. The third-order valence-electron chi connectivity index (χ3n) is 4.54. The van der Waals surface area contributed by atoms with Gasteiger partial charge in [-0.2, -0.15) is 0 Å². The van der Waals surface area contributed by atoms with E-state index in [1.54, 1.807) is 6.07 Å². The molecule has 0 spiro atoms. The van der Waals surface area contributed by atoms with E-state index in [1.165, 1.54) is 23.5 Å².